The Morgan fingerprint density at radius 2 is 1.93 bits per heavy atom. The van der Waals surface area contributed by atoms with Gasteiger partial charge in [-0.15, -0.1) is 0 Å². The van der Waals surface area contributed by atoms with Crippen molar-refractivity contribution in [3.63, 3.8) is 0 Å². The molecule has 0 aromatic heterocycles. The van der Waals surface area contributed by atoms with Gasteiger partial charge in [0.15, 0.2) is 0 Å². The lowest BCUT2D eigenvalue weighted by Gasteiger charge is -2.13. The molecule has 0 radical (unpaired) electrons. The van der Waals surface area contributed by atoms with Crippen molar-refractivity contribution in [3.8, 4) is 0 Å². The molecule has 0 aromatic carbocycles. The van der Waals surface area contributed by atoms with Crippen LogP contribution in [0.1, 0.15) is 47.5 Å². The molecule has 1 nitrogen and oxygen atoms in total. The van der Waals surface area contributed by atoms with Crippen molar-refractivity contribution in [2.24, 2.45) is 11.8 Å². The highest BCUT2D eigenvalue weighted by atomic mass is 16.1. The van der Waals surface area contributed by atoms with Crippen molar-refractivity contribution < 1.29 is 4.79 Å². The van der Waals surface area contributed by atoms with Crippen LogP contribution in [0, 0.1) is 11.8 Å². The monoisotopic (exact) mass is 208 g/mol. The first-order valence-corrected chi connectivity index (χ1v) is 5.85. The van der Waals surface area contributed by atoms with Gasteiger partial charge in [0, 0.05) is 12.3 Å². The van der Waals surface area contributed by atoms with Gasteiger partial charge < -0.3 is 0 Å². The van der Waals surface area contributed by atoms with Crippen LogP contribution in [0.25, 0.3) is 0 Å². The number of allylic oxidation sites excluding steroid dienone is 4. The second-order valence-corrected chi connectivity index (χ2v) is 4.34. The zero-order valence-electron chi connectivity index (χ0n) is 10.7. The molecule has 0 amide bonds. The third-order valence-corrected chi connectivity index (χ3v) is 2.60. The van der Waals surface area contributed by atoms with Crippen molar-refractivity contribution in [1.29, 1.82) is 0 Å². The highest BCUT2D eigenvalue weighted by molar-refractivity contribution is 5.80. The van der Waals surface area contributed by atoms with Gasteiger partial charge in [-0.1, -0.05) is 44.6 Å². The van der Waals surface area contributed by atoms with Crippen LogP contribution in [-0.2, 0) is 4.79 Å². The minimum Gasteiger partial charge on any atom is -0.299 e. The standard InChI is InChI=1S/C14H24O/c1-6-8-11(3)9-12(4)10-13(5)14(15)7-2/h6,8-9,12-13H,7,10H2,1-5H3. The summed E-state index contributed by atoms with van der Waals surface area (Å²) in [5, 5.41) is 0. The molecule has 1 heteroatoms. The van der Waals surface area contributed by atoms with E-state index in [9.17, 15) is 4.79 Å². The van der Waals surface area contributed by atoms with Gasteiger partial charge in [0.1, 0.15) is 5.78 Å². The van der Waals surface area contributed by atoms with Gasteiger partial charge >= 0.3 is 0 Å². The van der Waals surface area contributed by atoms with Crippen LogP contribution in [0.3, 0.4) is 0 Å². The summed E-state index contributed by atoms with van der Waals surface area (Å²) >= 11 is 0. The van der Waals surface area contributed by atoms with Crippen molar-refractivity contribution in [2.45, 2.75) is 47.5 Å². The molecule has 0 saturated heterocycles. The minimum absolute atomic E-state index is 0.194. The highest BCUT2D eigenvalue weighted by Gasteiger charge is 2.13. The SMILES string of the molecule is CC=CC(C)=CC(C)CC(C)C(=O)CC. The van der Waals surface area contributed by atoms with Crippen LogP contribution in [0.4, 0.5) is 0 Å². The quantitative estimate of drug-likeness (QED) is 0.599. The molecule has 0 aliphatic heterocycles. The topological polar surface area (TPSA) is 17.1 Å². The van der Waals surface area contributed by atoms with Gasteiger partial charge in [0.25, 0.3) is 0 Å². The average Bonchev–Trinajstić information content (AvgIpc) is 2.16. The molecule has 0 fully saturated rings. The Bertz CT molecular complexity index is 248. The van der Waals surface area contributed by atoms with E-state index in [2.05, 4.69) is 26.0 Å². The van der Waals surface area contributed by atoms with Crippen LogP contribution >= 0.6 is 0 Å². The molecule has 0 aliphatic rings. The Balaban J connectivity index is 4.19. The molecule has 0 rings (SSSR count). The van der Waals surface area contributed by atoms with Crippen molar-refractivity contribution in [1.82, 2.24) is 0 Å². The van der Waals surface area contributed by atoms with Gasteiger partial charge in [-0.05, 0) is 26.2 Å². The molecule has 0 N–H and O–H groups in total. The maximum Gasteiger partial charge on any atom is 0.135 e. The zero-order chi connectivity index (χ0) is 11.8. The van der Waals surface area contributed by atoms with Crippen molar-refractivity contribution in [3.05, 3.63) is 23.8 Å². The molecule has 2 atom stereocenters. The fourth-order valence-electron chi connectivity index (χ4n) is 1.87. The molecular weight excluding hydrogens is 184 g/mol. The molecule has 15 heavy (non-hydrogen) atoms. The molecule has 0 aromatic rings. The minimum atomic E-state index is 0.194. The maximum absolute atomic E-state index is 11.4. The van der Waals surface area contributed by atoms with Gasteiger partial charge in [-0.25, -0.2) is 0 Å². The van der Waals surface area contributed by atoms with Crippen LogP contribution in [0.5, 0.6) is 0 Å². The normalized spacial score (nSPS) is 16.7. The third-order valence-electron chi connectivity index (χ3n) is 2.60. The number of ketones is 1. The lowest BCUT2D eigenvalue weighted by atomic mass is 9.91. The van der Waals surface area contributed by atoms with E-state index in [0.717, 1.165) is 6.42 Å². The van der Waals surface area contributed by atoms with Gasteiger partial charge in [0.05, 0.1) is 0 Å². The Morgan fingerprint density at radius 1 is 1.33 bits per heavy atom. The summed E-state index contributed by atoms with van der Waals surface area (Å²) in [6, 6.07) is 0. The number of carbonyl (C=O) groups is 1. The fraction of sp³-hybridized carbons (Fsp3) is 0.643. The lowest BCUT2D eigenvalue weighted by Crippen LogP contribution is -2.12. The Hall–Kier alpha value is -0.850. The van der Waals surface area contributed by atoms with Gasteiger partial charge in [-0.2, -0.15) is 0 Å². The molecule has 0 spiro atoms. The molecule has 0 aliphatic carbocycles. The van der Waals surface area contributed by atoms with E-state index in [4.69, 9.17) is 0 Å². The van der Waals surface area contributed by atoms with Crippen LogP contribution in [-0.4, -0.2) is 5.78 Å². The van der Waals surface area contributed by atoms with E-state index in [-0.39, 0.29) is 5.92 Å². The molecular formula is C14H24O. The number of hydrogen-bond donors (Lipinski definition) is 0. The number of rotatable bonds is 6. The predicted octanol–water partition coefficient (Wildman–Crippen LogP) is 4.15. The summed E-state index contributed by atoms with van der Waals surface area (Å²) in [5.41, 5.74) is 1.28. The third kappa shape index (κ3) is 6.27. The second kappa shape index (κ2) is 7.44. The summed E-state index contributed by atoms with van der Waals surface area (Å²) in [5.74, 6) is 1.05. The van der Waals surface area contributed by atoms with Crippen LogP contribution in [0.15, 0.2) is 23.8 Å². The van der Waals surface area contributed by atoms with Gasteiger partial charge in [-0.3, -0.25) is 4.79 Å². The van der Waals surface area contributed by atoms with Crippen molar-refractivity contribution in [2.75, 3.05) is 0 Å². The fourth-order valence-corrected chi connectivity index (χ4v) is 1.87. The lowest BCUT2D eigenvalue weighted by molar-refractivity contribution is -0.122. The van der Waals surface area contributed by atoms with E-state index in [1.54, 1.807) is 0 Å². The summed E-state index contributed by atoms with van der Waals surface area (Å²) in [7, 11) is 0. The first kappa shape index (κ1) is 14.2. The second-order valence-electron chi connectivity index (χ2n) is 4.34. The van der Waals surface area contributed by atoms with Gasteiger partial charge in [0.2, 0.25) is 0 Å². The first-order valence-electron chi connectivity index (χ1n) is 5.85. The summed E-state index contributed by atoms with van der Waals surface area (Å²) in [4.78, 5) is 11.4. The molecule has 0 saturated carbocycles. The largest absolute Gasteiger partial charge is 0.299 e. The number of carbonyl (C=O) groups excluding carboxylic acids is 1. The van der Waals surface area contributed by atoms with Crippen LogP contribution in [0.2, 0.25) is 0 Å². The van der Waals surface area contributed by atoms with E-state index in [1.807, 2.05) is 26.8 Å². The molecule has 0 heterocycles. The first-order chi connectivity index (χ1) is 7.01. The van der Waals surface area contributed by atoms with Crippen molar-refractivity contribution >= 4 is 5.78 Å². The Labute approximate surface area is 94.3 Å². The summed E-state index contributed by atoms with van der Waals surface area (Å²) < 4.78 is 0. The maximum atomic E-state index is 11.4. The summed E-state index contributed by atoms with van der Waals surface area (Å²) in [6.07, 6.45) is 7.99. The van der Waals surface area contributed by atoms with E-state index in [1.165, 1.54) is 5.57 Å². The van der Waals surface area contributed by atoms with Crippen LogP contribution < -0.4 is 0 Å². The van der Waals surface area contributed by atoms with E-state index < -0.39 is 0 Å². The predicted molar refractivity (Wildman–Crippen MR) is 66.8 cm³/mol. The molecule has 0 bridgehead atoms. The zero-order valence-corrected chi connectivity index (χ0v) is 10.7. The number of Topliss-reactive ketones (excluding diaryl/α,β-unsaturated/α-hetero) is 1. The molecule has 86 valence electrons. The Morgan fingerprint density at radius 3 is 2.40 bits per heavy atom. The molecule has 2 unspecified atom stereocenters. The van der Waals surface area contributed by atoms with E-state index in [0.29, 0.717) is 18.1 Å². The smallest absolute Gasteiger partial charge is 0.135 e. The summed E-state index contributed by atoms with van der Waals surface area (Å²) in [6.45, 7) is 10.3. The highest BCUT2D eigenvalue weighted by Crippen LogP contribution is 2.16. The Kier molecular flexibility index (Phi) is 7.02. The average molecular weight is 208 g/mol. The number of hydrogen-bond acceptors (Lipinski definition) is 1. The van der Waals surface area contributed by atoms with E-state index >= 15 is 0 Å².